The molecule has 0 radical (unpaired) electrons. The summed E-state index contributed by atoms with van der Waals surface area (Å²) in [5.41, 5.74) is 3.56. The minimum atomic E-state index is 0.679. The van der Waals surface area contributed by atoms with Gasteiger partial charge in [0.2, 0.25) is 0 Å². The lowest BCUT2D eigenvalue weighted by Gasteiger charge is -2.04. The first-order valence-corrected chi connectivity index (χ1v) is 7.38. The minimum absolute atomic E-state index is 0.679. The van der Waals surface area contributed by atoms with Gasteiger partial charge in [0.15, 0.2) is 0 Å². The first kappa shape index (κ1) is 17.0. The fourth-order valence-corrected chi connectivity index (χ4v) is 1.84. The van der Waals surface area contributed by atoms with Crippen molar-refractivity contribution in [3.63, 3.8) is 0 Å². The van der Waals surface area contributed by atoms with Crippen molar-refractivity contribution in [2.24, 2.45) is 0 Å². The number of rotatable bonds is 6. The summed E-state index contributed by atoms with van der Waals surface area (Å²) in [7, 11) is 0. The van der Waals surface area contributed by atoms with Gasteiger partial charge in [0.05, 0.1) is 6.61 Å². The SMILES string of the molecule is C=Cc1ccccc1COCC.CCNc1ccccc1. The summed E-state index contributed by atoms with van der Waals surface area (Å²) in [6, 6.07) is 18.3. The van der Waals surface area contributed by atoms with Crippen LogP contribution in [-0.4, -0.2) is 13.2 Å². The monoisotopic (exact) mass is 283 g/mol. The predicted octanol–water partition coefficient (Wildman–Crippen LogP) is 4.98. The number of hydrogen-bond donors (Lipinski definition) is 1. The summed E-state index contributed by atoms with van der Waals surface area (Å²) in [4.78, 5) is 0. The van der Waals surface area contributed by atoms with E-state index in [9.17, 15) is 0 Å². The van der Waals surface area contributed by atoms with E-state index in [-0.39, 0.29) is 0 Å². The van der Waals surface area contributed by atoms with Crippen molar-refractivity contribution in [1.29, 1.82) is 0 Å². The van der Waals surface area contributed by atoms with Gasteiger partial charge in [-0.05, 0) is 37.1 Å². The van der Waals surface area contributed by atoms with Crippen LogP contribution >= 0.6 is 0 Å². The summed E-state index contributed by atoms with van der Waals surface area (Å²) in [6.45, 7) is 10.3. The summed E-state index contributed by atoms with van der Waals surface area (Å²) < 4.78 is 5.31. The molecule has 0 saturated heterocycles. The molecule has 2 rings (SSSR count). The molecule has 0 unspecified atom stereocenters. The molecule has 0 aliphatic rings. The fraction of sp³-hybridized carbons (Fsp3) is 0.263. The molecule has 2 heteroatoms. The molecule has 0 fully saturated rings. The molecule has 0 saturated carbocycles. The Balaban J connectivity index is 0.000000219. The Bertz CT molecular complexity index is 508. The lowest BCUT2D eigenvalue weighted by molar-refractivity contribution is 0.134. The normalized spacial score (nSPS) is 9.43. The van der Waals surface area contributed by atoms with Crippen LogP contribution in [0.5, 0.6) is 0 Å². The summed E-state index contributed by atoms with van der Waals surface area (Å²) in [5.74, 6) is 0. The molecule has 2 aromatic rings. The molecule has 0 aliphatic heterocycles. The third-order valence-corrected chi connectivity index (χ3v) is 2.89. The number of para-hydroxylation sites is 1. The third kappa shape index (κ3) is 6.77. The Labute approximate surface area is 128 Å². The van der Waals surface area contributed by atoms with E-state index < -0.39 is 0 Å². The molecule has 0 amide bonds. The number of hydrogen-bond acceptors (Lipinski definition) is 2. The van der Waals surface area contributed by atoms with Gasteiger partial charge in [0, 0.05) is 18.8 Å². The molecular weight excluding hydrogens is 258 g/mol. The largest absolute Gasteiger partial charge is 0.385 e. The molecule has 0 spiro atoms. The van der Waals surface area contributed by atoms with E-state index in [2.05, 4.69) is 37.0 Å². The summed E-state index contributed by atoms with van der Waals surface area (Å²) in [5, 5.41) is 3.21. The Morgan fingerprint density at radius 3 is 2.29 bits per heavy atom. The fourth-order valence-electron chi connectivity index (χ4n) is 1.84. The molecule has 0 bridgehead atoms. The van der Waals surface area contributed by atoms with Crippen molar-refractivity contribution in [2.45, 2.75) is 20.5 Å². The van der Waals surface area contributed by atoms with Crippen LogP contribution < -0.4 is 5.32 Å². The van der Waals surface area contributed by atoms with E-state index in [1.165, 1.54) is 11.3 Å². The van der Waals surface area contributed by atoms with Gasteiger partial charge in [-0.3, -0.25) is 0 Å². The zero-order chi connectivity index (χ0) is 15.3. The van der Waals surface area contributed by atoms with Crippen LogP contribution in [0.2, 0.25) is 0 Å². The first-order valence-electron chi connectivity index (χ1n) is 7.38. The van der Waals surface area contributed by atoms with Crippen LogP contribution in [0.25, 0.3) is 6.08 Å². The zero-order valence-electron chi connectivity index (χ0n) is 13.0. The molecule has 2 nitrogen and oxygen atoms in total. The number of benzene rings is 2. The Morgan fingerprint density at radius 1 is 1.00 bits per heavy atom. The predicted molar refractivity (Wildman–Crippen MR) is 92.5 cm³/mol. The highest BCUT2D eigenvalue weighted by Crippen LogP contribution is 2.10. The van der Waals surface area contributed by atoms with Crippen LogP contribution in [0, 0.1) is 0 Å². The molecule has 0 atom stereocenters. The lowest BCUT2D eigenvalue weighted by atomic mass is 10.1. The first-order chi connectivity index (χ1) is 10.3. The summed E-state index contributed by atoms with van der Waals surface area (Å²) in [6.07, 6.45) is 1.86. The van der Waals surface area contributed by atoms with E-state index >= 15 is 0 Å². The van der Waals surface area contributed by atoms with Gasteiger partial charge in [-0.25, -0.2) is 0 Å². The number of ether oxygens (including phenoxy) is 1. The van der Waals surface area contributed by atoms with Gasteiger partial charge in [-0.15, -0.1) is 0 Å². The zero-order valence-corrected chi connectivity index (χ0v) is 13.0. The van der Waals surface area contributed by atoms with Gasteiger partial charge in [-0.1, -0.05) is 55.1 Å². The second-order valence-electron chi connectivity index (χ2n) is 4.44. The van der Waals surface area contributed by atoms with E-state index in [4.69, 9.17) is 4.74 Å². The maximum Gasteiger partial charge on any atom is 0.0722 e. The van der Waals surface area contributed by atoms with Gasteiger partial charge < -0.3 is 10.1 Å². The van der Waals surface area contributed by atoms with Gasteiger partial charge in [-0.2, -0.15) is 0 Å². The van der Waals surface area contributed by atoms with Gasteiger partial charge in [0.1, 0.15) is 0 Å². The molecule has 0 aliphatic carbocycles. The van der Waals surface area contributed by atoms with E-state index in [0.717, 1.165) is 18.7 Å². The second-order valence-corrected chi connectivity index (χ2v) is 4.44. The molecule has 0 aromatic heterocycles. The second kappa shape index (κ2) is 10.7. The topological polar surface area (TPSA) is 21.3 Å². The average molecular weight is 283 g/mol. The number of nitrogens with one attached hydrogen (secondary N) is 1. The molecule has 2 aromatic carbocycles. The van der Waals surface area contributed by atoms with Crippen molar-refractivity contribution in [3.05, 3.63) is 72.3 Å². The van der Waals surface area contributed by atoms with Gasteiger partial charge in [0.25, 0.3) is 0 Å². The molecule has 21 heavy (non-hydrogen) atoms. The van der Waals surface area contributed by atoms with E-state index in [0.29, 0.717) is 6.61 Å². The van der Waals surface area contributed by atoms with Crippen LogP contribution in [0.1, 0.15) is 25.0 Å². The standard InChI is InChI=1S/C11H14O.C8H11N/c1-3-10-7-5-6-8-11(10)9-12-4-2;1-2-9-8-6-4-3-5-7-8/h3,5-8H,1,4,9H2,2H3;3-7,9H,2H2,1H3. The molecule has 1 N–H and O–H groups in total. The maximum atomic E-state index is 5.31. The Morgan fingerprint density at radius 2 is 1.67 bits per heavy atom. The van der Waals surface area contributed by atoms with E-state index in [1.807, 2.05) is 49.4 Å². The number of anilines is 1. The van der Waals surface area contributed by atoms with Crippen molar-refractivity contribution in [1.82, 2.24) is 0 Å². The lowest BCUT2D eigenvalue weighted by Crippen LogP contribution is -1.94. The molecular formula is C19H25NO. The highest BCUT2D eigenvalue weighted by molar-refractivity contribution is 5.51. The summed E-state index contributed by atoms with van der Waals surface area (Å²) >= 11 is 0. The van der Waals surface area contributed by atoms with Crippen LogP contribution in [0.3, 0.4) is 0 Å². The maximum absolute atomic E-state index is 5.31. The van der Waals surface area contributed by atoms with Crippen LogP contribution in [0.15, 0.2) is 61.2 Å². The van der Waals surface area contributed by atoms with Crippen LogP contribution in [-0.2, 0) is 11.3 Å². The molecule has 112 valence electrons. The highest BCUT2D eigenvalue weighted by atomic mass is 16.5. The van der Waals surface area contributed by atoms with Crippen molar-refractivity contribution in [2.75, 3.05) is 18.5 Å². The quantitative estimate of drug-likeness (QED) is 0.807. The van der Waals surface area contributed by atoms with Crippen molar-refractivity contribution in [3.8, 4) is 0 Å². The third-order valence-electron chi connectivity index (χ3n) is 2.89. The van der Waals surface area contributed by atoms with Gasteiger partial charge >= 0.3 is 0 Å². The van der Waals surface area contributed by atoms with Crippen molar-refractivity contribution < 1.29 is 4.74 Å². The highest BCUT2D eigenvalue weighted by Gasteiger charge is 1.96. The Kier molecular flexibility index (Phi) is 8.65. The van der Waals surface area contributed by atoms with E-state index in [1.54, 1.807) is 0 Å². The minimum Gasteiger partial charge on any atom is -0.385 e. The molecule has 0 heterocycles. The Hall–Kier alpha value is -2.06. The smallest absolute Gasteiger partial charge is 0.0722 e. The van der Waals surface area contributed by atoms with Crippen LogP contribution in [0.4, 0.5) is 5.69 Å². The average Bonchev–Trinajstić information content (AvgIpc) is 2.55. The van der Waals surface area contributed by atoms with Crippen molar-refractivity contribution >= 4 is 11.8 Å².